The van der Waals surface area contributed by atoms with Crippen LogP contribution >= 0.6 is 11.3 Å². The van der Waals surface area contributed by atoms with Gasteiger partial charge in [-0.25, -0.2) is 4.98 Å². The Balaban J connectivity index is 1.41. The molecule has 1 saturated heterocycles. The van der Waals surface area contributed by atoms with Gasteiger partial charge in [0.15, 0.2) is 0 Å². The number of thiazole rings is 1. The van der Waals surface area contributed by atoms with Gasteiger partial charge in [0.25, 0.3) is 5.91 Å². The van der Waals surface area contributed by atoms with E-state index >= 15 is 0 Å². The number of carbonyl (C=O) groups is 1. The van der Waals surface area contributed by atoms with Crippen LogP contribution in [0.3, 0.4) is 0 Å². The lowest BCUT2D eigenvalue weighted by Crippen LogP contribution is -2.38. The van der Waals surface area contributed by atoms with Crippen LogP contribution in [-0.2, 0) is 6.61 Å². The first-order chi connectivity index (χ1) is 13.3. The second-order valence-electron chi connectivity index (χ2n) is 6.74. The third-order valence-corrected chi connectivity index (χ3v) is 5.66. The molecule has 0 N–H and O–H groups in total. The van der Waals surface area contributed by atoms with E-state index in [-0.39, 0.29) is 5.91 Å². The number of para-hydroxylation sites is 1. The second-order valence-corrected chi connectivity index (χ2v) is 7.46. The number of hydrogen-bond acceptors (Lipinski definition) is 4. The van der Waals surface area contributed by atoms with Gasteiger partial charge in [-0.15, -0.1) is 11.3 Å². The molecule has 0 saturated carbocycles. The van der Waals surface area contributed by atoms with E-state index in [2.05, 4.69) is 29.2 Å². The number of rotatable bonds is 5. The maximum Gasteiger partial charge on any atom is 0.257 e. The van der Waals surface area contributed by atoms with Crippen LogP contribution < -0.4 is 4.74 Å². The highest BCUT2D eigenvalue weighted by Crippen LogP contribution is 2.29. The van der Waals surface area contributed by atoms with Gasteiger partial charge < -0.3 is 9.64 Å². The van der Waals surface area contributed by atoms with Crippen LogP contribution in [0.25, 0.3) is 0 Å². The smallest absolute Gasteiger partial charge is 0.257 e. The molecule has 2 aromatic carbocycles. The molecule has 4 rings (SSSR count). The number of benzene rings is 2. The lowest BCUT2D eigenvalue weighted by molar-refractivity contribution is 0.0708. The summed E-state index contributed by atoms with van der Waals surface area (Å²) in [5.41, 5.74) is 4.67. The summed E-state index contributed by atoms with van der Waals surface area (Å²) < 4.78 is 5.88. The van der Waals surface area contributed by atoms with Gasteiger partial charge in [0.05, 0.1) is 16.8 Å². The quantitative estimate of drug-likeness (QED) is 0.644. The average Bonchev–Trinajstić information content (AvgIpc) is 3.26. The van der Waals surface area contributed by atoms with Gasteiger partial charge >= 0.3 is 0 Å². The summed E-state index contributed by atoms with van der Waals surface area (Å²) >= 11 is 1.54. The summed E-state index contributed by atoms with van der Waals surface area (Å²) in [4.78, 5) is 19.2. The molecule has 1 aliphatic rings. The Hall–Kier alpha value is -2.66. The van der Waals surface area contributed by atoms with Crippen molar-refractivity contribution in [2.24, 2.45) is 0 Å². The lowest BCUT2D eigenvalue weighted by Gasteiger charge is -2.32. The number of ether oxygens (including phenoxy) is 1. The number of nitrogens with zero attached hydrogens (tertiary/aromatic N) is 2. The Kier molecular flexibility index (Phi) is 5.49. The normalized spacial score (nSPS) is 14.9. The Morgan fingerprint density at radius 3 is 2.56 bits per heavy atom. The van der Waals surface area contributed by atoms with Crippen molar-refractivity contribution in [2.45, 2.75) is 25.4 Å². The Bertz CT molecular complexity index is 872. The Morgan fingerprint density at radius 1 is 1.07 bits per heavy atom. The van der Waals surface area contributed by atoms with Crippen molar-refractivity contribution in [3.05, 3.63) is 82.3 Å². The molecule has 27 heavy (non-hydrogen) atoms. The minimum absolute atomic E-state index is 0.0513. The zero-order valence-electron chi connectivity index (χ0n) is 15.1. The third kappa shape index (κ3) is 4.19. The molecule has 1 aromatic heterocycles. The standard InChI is InChI=1S/C22H22N2O2S/c25-22(24-12-10-18(11-13-24)17-6-2-1-3-7-17)20-8-4-5-9-21(20)26-14-19-15-27-16-23-19/h1-9,15-16,18H,10-14H2. The van der Waals surface area contributed by atoms with E-state index in [4.69, 9.17) is 4.74 Å². The molecular weight excluding hydrogens is 356 g/mol. The summed E-state index contributed by atoms with van der Waals surface area (Å²) in [6.45, 7) is 1.93. The van der Waals surface area contributed by atoms with Crippen LogP contribution in [0, 0.1) is 0 Å². The van der Waals surface area contributed by atoms with Crippen molar-refractivity contribution in [3.63, 3.8) is 0 Å². The van der Waals surface area contributed by atoms with Gasteiger partial charge in [-0.3, -0.25) is 4.79 Å². The van der Waals surface area contributed by atoms with Gasteiger partial charge in [0.1, 0.15) is 12.4 Å². The molecule has 5 heteroatoms. The van der Waals surface area contributed by atoms with Crippen LogP contribution in [0.2, 0.25) is 0 Å². The molecular formula is C22H22N2O2S. The molecule has 0 unspecified atom stereocenters. The first kappa shape index (κ1) is 17.7. The van der Waals surface area contributed by atoms with Crippen molar-refractivity contribution >= 4 is 17.2 Å². The van der Waals surface area contributed by atoms with E-state index in [9.17, 15) is 4.79 Å². The fourth-order valence-corrected chi connectivity index (χ4v) is 4.08. The SMILES string of the molecule is O=C(c1ccccc1OCc1cscn1)N1CCC(c2ccccc2)CC1. The maximum absolute atomic E-state index is 13.1. The van der Waals surface area contributed by atoms with Gasteiger partial charge in [-0.1, -0.05) is 42.5 Å². The number of aromatic nitrogens is 1. The molecule has 0 bridgehead atoms. The van der Waals surface area contributed by atoms with Crippen LogP contribution in [0.1, 0.15) is 40.4 Å². The summed E-state index contributed by atoms with van der Waals surface area (Å²) in [6.07, 6.45) is 2.00. The molecule has 1 aliphatic heterocycles. The fourth-order valence-electron chi connectivity index (χ4n) is 3.54. The molecule has 1 fully saturated rings. The van der Waals surface area contributed by atoms with Crippen LogP contribution in [-0.4, -0.2) is 28.9 Å². The molecule has 0 atom stereocenters. The maximum atomic E-state index is 13.1. The van der Waals surface area contributed by atoms with Gasteiger partial charge in [0.2, 0.25) is 0 Å². The zero-order chi connectivity index (χ0) is 18.5. The zero-order valence-corrected chi connectivity index (χ0v) is 15.9. The average molecular weight is 378 g/mol. The van der Waals surface area contributed by atoms with E-state index in [1.54, 1.807) is 5.51 Å². The van der Waals surface area contributed by atoms with E-state index < -0.39 is 0 Å². The summed E-state index contributed by atoms with van der Waals surface area (Å²) in [5, 5.41) is 1.96. The highest BCUT2D eigenvalue weighted by molar-refractivity contribution is 7.07. The van der Waals surface area contributed by atoms with Gasteiger partial charge in [0, 0.05) is 18.5 Å². The minimum Gasteiger partial charge on any atom is -0.486 e. The largest absolute Gasteiger partial charge is 0.486 e. The molecule has 1 amide bonds. The van der Waals surface area contributed by atoms with Crippen LogP contribution in [0.4, 0.5) is 0 Å². The van der Waals surface area contributed by atoms with Crippen LogP contribution in [0.5, 0.6) is 5.75 Å². The van der Waals surface area contributed by atoms with Crippen molar-refractivity contribution in [2.75, 3.05) is 13.1 Å². The second kappa shape index (κ2) is 8.35. The summed E-state index contributed by atoms with van der Waals surface area (Å²) in [6, 6.07) is 18.1. The third-order valence-electron chi connectivity index (χ3n) is 5.03. The van der Waals surface area contributed by atoms with E-state index in [0.717, 1.165) is 31.6 Å². The highest BCUT2D eigenvalue weighted by atomic mass is 32.1. The van der Waals surface area contributed by atoms with Gasteiger partial charge in [-0.05, 0) is 36.5 Å². The van der Waals surface area contributed by atoms with Crippen molar-refractivity contribution in [1.29, 1.82) is 0 Å². The predicted molar refractivity (Wildman–Crippen MR) is 107 cm³/mol. The molecule has 4 nitrogen and oxygen atoms in total. The number of piperidine rings is 1. The topological polar surface area (TPSA) is 42.4 Å². The van der Waals surface area contributed by atoms with E-state index in [1.165, 1.54) is 16.9 Å². The van der Waals surface area contributed by atoms with Crippen molar-refractivity contribution < 1.29 is 9.53 Å². The number of amides is 1. The Morgan fingerprint density at radius 2 is 1.81 bits per heavy atom. The first-order valence-electron chi connectivity index (χ1n) is 9.24. The van der Waals surface area contributed by atoms with E-state index in [1.807, 2.05) is 40.6 Å². The highest BCUT2D eigenvalue weighted by Gasteiger charge is 2.26. The van der Waals surface area contributed by atoms with Gasteiger partial charge in [-0.2, -0.15) is 0 Å². The minimum atomic E-state index is 0.0513. The molecule has 138 valence electrons. The van der Waals surface area contributed by atoms with Crippen LogP contribution in [0.15, 0.2) is 65.5 Å². The number of hydrogen-bond donors (Lipinski definition) is 0. The molecule has 3 aromatic rings. The molecule has 0 aliphatic carbocycles. The Labute approximate surface area is 163 Å². The summed E-state index contributed by atoms with van der Waals surface area (Å²) in [5.74, 6) is 1.21. The van der Waals surface area contributed by atoms with Crippen molar-refractivity contribution in [3.8, 4) is 5.75 Å². The van der Waals surface area contributed by atoms with Crippen molar-refractivity contribution in [1.82, 2.24) is 9.88 Å². The lowest BCUT2D eigenvalue weighted by atomic mass is 9.89. The molecule has 0 radical (unpaired) electrons. The van der Waals surface area contributed by atoms with E-state index in [0.29, 0.717) is 23.8 Å². The summed E-state index contributed by atoms with van der Waals surface area (Å²) in [7, 11) is 0. The number of likely N-dealkylation sites (tertiary alicyclic amines) is 1. The number of carbonyl (C=O) groups excluding carboxylic acids is 1. The fraction of sp³-hybridized carbons (Fsp3) is 0.273. The molecule has 2 heterocycles. The predicted octanol–water partition coefficient (Wildman–Crippen LogP) is 4.74. The monoisotopic (exact) mass is 378 g/mol. The first-order valence-corrected chi connectivity index (χ1v) is 10.2. The molecule has 0 spiro atoms.